The number of hydrogen-bond acceptors (Lipinski definition) is 5. The zero-order chi connectivity index (χ0) is 22.2. The monoisotopic (exact) mass is 427 g/mol. The van der Waals surface area contributed by atoms with Gasteiger partial charge in [0, 0.05) is 35.8 Å². The number of carbonyl (C=O) groups is 1. The van der Waals surface area contributed by atoms with E-state index in [9.17, 15) is 9.90 Å². The molecule has 5 rings (SSSR count). The van der Waals surface area contributed by atoms with Crippen LogP contribution in [0.5, 0.6) is 5.88 Å². The Labute approximate surface area is 183 Å². The molecule has 3 heterocycles. The van der Waals surface area contributed by atoms with Gasteiger partial charge in [0.25, 0.3) is 0 Å². The van der Waals surface area contributed by atoms with E-state index < -0.39 is 6.09 Å². The van der Waals surface area contributed by atoms with Crippen LogP contribution in [0, 0.1) is 0 Å². The normalized spacial score (nSPS) is 11.2. The van der Waals surface area contributed by atoms with Crippen LogP contribution in [0.15, 0.2) is 60.9 Å². The number of imidazole rings is 1. The maximum atomic E-state index is 11.9. The predicted octanol–water partition coefficient (Wildman–Crippen LogP) is 5.06. The van der Waals surface area contributed by atoms with Crippen molar-refractivity contribution in [2.45, 2.75) is 6.92 Å². The van der Waals surface area contributed by atoms with Crippen LogP contribution in [-0.4, -0.2) is 37.3 Å². The van der Waals surface area contributed by atoms with Crippen LogP contribution in [0.1, 0.15) is 6.92 Å². The van der Waals surface area contributed by atoms with Gasteiger partial charge in [0.2, 0.25) is 5.95 Å². The number of benzene rings is 2. The van der Waals surface area contributed by atoms with Crippen LogP contribution in [0.4, 0.5) is 10.7 Å². The smallest absolute Gasteiger partial charge is 0.413 e. The minimum absolute atomic E-state index is 0.218. The number of fused-ring (bicyclic) bond motifs is 2. The zero-order valence-corrected chi connectivity index (χ0v) is 17.6. The quantitative estimate of drug-likeness (QED) is 0.372. The van der Waals surface area contributed by atoms with Crippen molar-refractivity contribution < 1.29 is 14.6 Å². The SMILES string of the molecule is CCOC(=O)Nc1nc2c(-c3ccccn3)cc(-c3ccc4cn(C)c(O)c4c3)cc2[nH]1. The number of amides is 1. The van der Waals surface area contributed by atoms with E-state index in [4.69, 9.17) is 4.74 Å². The topological polar surface area (TPSA) is 105 Å². The Balaban J connectivity index is 1.68. The maximum Gasteiger partial charge on any atom is 0.413 e. The van der Waals surface area contributed by atoms with E-state index in [2.05, 4.69) is 20.3 Å². The molecule has 32 heavy (non-hydrogen) atoms. The summed E-state index contributed by atoms with van der Waals surface area (Å²) >= 11 is 0. The van der Waals surface area contributed by atoms with Crippen molar-refractivity contribution in [1.82, 2.24) is 19.5 Å². The van der Waals surface area contributed by atoms with Crippen molar-refractivity contribution in [3.8, 4) is 28.3 Å². The number of carbonyl (C=O) groups excluding carboxylic acids is 1. The van der Waals surface area contributed by atoms with E-state index in [1.165, 1.54) is 0 Å². The molecule has 0 aliphatic heterocycles. The number of aromatic hydroxyl groups is 1. The summed E-state index contributed by atoms with van der Waals surface area (Å²) in [4.78, 5) is 24.1. The van der Waals surface area contributed by atoms with E-state index in [0.717, 1.165) is 38.7 Å². The van der Waals surface area contributed by atoms with Gasteiger partial charge in [-0.1, -0.05) is 18.2 Å². The Morgan fingerprint density at radius 3 is 2.84 bits per heavy atom. The molecule has 0 saturated heterocycles. The van der Waals surface area contributed by atoms with Gasteiger partial charge in [0.1, 0.15) is 0 Å². The van der Waals surface area contributed by atoms with Gasteiger partial charge in [-0.3, -0.25) is 10.3 Å². The summed E-state index contributed by atoms with van der Waals surface area (Å²) in [5.41, 5.74) is 4.87. The number of aromatic nitrogens is 4. The Morgan fingerprint density at radius 2 is 2.06 bits per heavy atom. The number of rotatable bonds is 4. The minimum atomic E-state index is -0.573. The number of nitrogens with zero attached hydrogens (tertiary/aromatic N) is 3. The molecule has 0 unspecified atom stereocenters. The Morgan fingerprint density at radius 1 is 1.19 bits per heavy atom. The molecule has 0 saturated carbocycles. The number of hydrogen-bond donors (Lipinski definition) is 3. The van der Waals surface area contributed by atoms with E-state index in [1.54, 1.807) is 17.7 Å². The second-order valence-corrected chi connectivity index (χ2v) is 7.43. The molecule has 0 spiro atoms. The summed E-state index contributed by atoms with van der Waals surface area (Å²) in [6.07, 6.45) is 3.04. The van der Waals surface area contributed by atoms with Crippen LogP contribution in [0.2, 0.25) is 0 Å². The molecule has 0 radical (unpaired) electrons. The van der Waals surface area contributed by atoms with Gasteiger partial charge in [0.15, 0.2) is 5.88 Å². The van der Waals surface area contributed by atoms with Crippen molar-refractivity contribution in [2.24, 2.45) is 7.05 Å². The van der Waals surface area contributed by atoms with E-state index >= 15 is 0 Å². The summed E-state index contributed by atoms with van der Waals surface area (Å²) in [5.74, 6) is 0.513. The number of aromatic amines is 1. The molecular formula is C24H21N5O3. The Hall–Kier alpha value is -4.33. The standard InChI is InChI=1S/C24H21N5O3/c1-3-32-24(31)28-23-26-20-12-16(11-18(21(20)27-23)19-6-4-5-9-25-19)14-7-8-15-13-29(2)22(30)17(15)10-14/h4-13,30H,3H2,1-2H3,(H2,26,27,28,31). The van der Waals surface area contributed by atoms with Gasteiger partial charge in [-0.15, -0.1) is 0 Å². The summed E-state index contributed by atoms with van der Waals surface area (Å²) in [5, 5.41) is 14.7. The fourth-order valence-electron chi connectivity index (χ4n) is 3.83. The third-order valence-electron chi connectivity index (χ3n) is 5.32. The summed E-state index contributed by atoms with van der Waals surface area (Å²) in [7, 11) is 1.81. The Bertz CT molecular complexity index is 1450. The highest BCUT2D eigenvalue weighted by molar-refractivity contribution is 5.99. The molecule has 5 aromatic rings. The number of aryl methyl sites for hydroxylation is 1. The molecule has 0 bridgehead atoms. The van der Waals surface area contributed by atoms with Crippen molar-refractivity contribution >= 4 is 33.8 Å². The largest absolute Gasteiger partial charge is 0.494 e. The number of pyridine rings is 1. The van der Waals surface area contributed by atoms with Gasteiger partial charge < -0.3 is 19.4 Å². The molecule has 1 amide bonds. The van der Waals surface area contributed by atoms with Crippen molar-refractivity contribution in [2.75, 3.05) is 11.9 Å². The fraction of sp³-hybridized carbons (Fsp3) is 0.125. The molecule has 160 valence electrons. The lowest BCUT2D eigenvalue weighted by Crippen LogP contribution is -2.14. The predicted molar refractivity (Wildman–Crippen MR) is 124 cm³/mol. The number of ether oxygens (including phenoxy) is 1. The molecule has 0 aliphatic carbocycles. The molecule has 8 nitrogen and oxygen atoms in total. The summed E-state index contributed by atoms with van der Waals surface area (Å²) < 4.78 is 6.65. The van der Waals surface area contributed by atoms with Crippen molar-refractivity contribution in [3.63, 3.8) is 0 Å². The molecule has 3 N–H and O–H groups in total. The second kappa shape index (κ2) is 7.73. The fourth-order valence-corrected chi connectivity index (χ4v) is 3.83. The summed E-state index contributed by atoms with van der Waals surface area (Å²) in [6.45, 7) is 2.01. The van der Waals surface area contributed by atoms with E-state index in [1.807, 2.05) is 61.8 Å². The first-order valence-corrected chi connectivity index (χ1v) is 10.2. The lowest BCUT2D eigenvalue weighted by atomic mass is 9.98. The molecule has 2 aromatic carbocycles. The first kappa shape index (κ1) is 19.6. The second-order valence-electron chi connectivity index (χ2n) is 7.43. The lowest BCUT2D eigenvalue weighted by Gasteiger charge is -2.07. The van der Waals surface area contributed by atoms with Gasteiger partial charge >= 0.3 is 6.09 Å². The molecular weight excluding hydrogens is 406 g/mol. The average Bonchev–Trinajstić information content (AvgIpc) is 3.33. The van der Waals surface area contributed by atoms with E-state index in [-0.39, 0.29) is 12.5 Å². The van der Waals surface area contributed by atoms with Crippen LogP contribution in [0.3, 0.4) is 0 Å². The van der Waals surface area contributed by atoms with Crippen molar-refractivity contribution in [1.29, 1.82) is 0 Å². The Kier molecular flexibility index (Phi) is 4.74. The van der Waals surface area contributed by atoms with Gasteiger partial charge in [-0.25, -0.2) is 9.78 Å². The van der Waals surface area contributed by atoms with Gasteiger partial charge in [-0.05, 0) is 48.4 Å². The average molecular weight is 427 g/mol. The summed E-state index contributed by atoms with van der Waals surface area (Å²) in [6, 6.07) is 15.6. The molecule has 8 heteroatoms. The number of nitrogens with one attached hydrogen (secondary N) is 2. The van der Waals surface area contributed by atoms with Gasteiger partial charge in [0.05, 0.1) is 23.3 Å². The molecule has 0 aliphatic rings. The van der Waals surface area contributed by atoms with Crippen LogP contribution in [-0.2, 0) is 11.8 Å². The third kappa shape index (κ3) is 3.41. The molecule has 0 atom stereocenters. The molecule has 3 aromatic heterocycles. The van der Waals surface area contributed by atoms with Crippen LogP contribution < -0.4 is 5.32 Å². The third-order valence-corrected chi connectivity index (χ3v) is 5.32. The highest BCUT2D eigenvalue weighted by atomic mass is 16.5. The maximum absolute atomic E-state index is 11.9. The van der Waals surface area contributed by atoms with Crippen molar-refractivity contribution in [3.05, 3.63) is 60.9 Å². The highest BCUT2D eigenvalue weighted by Gasteiger charge is 2.16. The number of H-pyrrole nitrogens is 1. The highest BCUT2D eigenvalue weighted by Crippen LogP contribution is 2.36. The minimum Gasteiger partial charge on any atom is -0.494 e. The first-order chi connectivity index (χ1) is 15.5. The van der Waals surface area contributed by atoms with Crippen LogP contribution >= 0.6 is 0 Å². The van der Waals surface area contributed by atoms with Gasteiger partial charge in [-0.2, -0.15) is 0 Å². The molecule has 0 fully saturated rings. The lowest BCUT2D eigenvalue weighted by molar-refractivity contribution is 0.167. The first-order valence-electron chi connectivity index (χ1n) is 10.2. The van der Waals surface area contributed by atoms with E-state index in [0.29, 0.717) is 11.5 Å². The van der Waals surface area contributed by atoms with Crippen LogP contribution in [0.25, 0.3) is 44.2 Å². The number of anilines is 1. The zero-order valence-electron chi connectivity index (χ0n) is 17.6.